The molecule has 0 saturated heterocycles. The van der Waals surface area contributed by atoms with Crippen LogP contribution in [0.2, 0.25) is 0 Å². The van der Waals surface area contributed by atoms with E-state index in [-0.39, 0.29) is 5.92 Å². The zero-order chi connectivity index (χ0) is 35.6. The quantitative estimate of drug-likeness (QED) is 0.178. The van der Waals surface area contributed by atoms with Crippen molar-refractivity contribution in [1.29, 1.82) is 0 Å². The highest BCUT2D eigenvalue weighted by atomic mass is 32.2. The van der Waals surface area contributed by atoms with Crippen molar-refractivity contribution in [1.82, 2.24) is 15.0 Å². The lowest BCUT2D eigenvalue weighted by molar-refractivity contribution is 0.669. The minimum absolute atomic E-state index is 0.250. The molecule has 5 heteroatoms. The fraction of sp³-hybridized carbons (Fsp3) is 0.0408. The number of para-hydroxylation sites is 1. The molecule has 0 saturated carbocycles. The lowest BCUT2D eigenvalue weighted by Gasteiger charge is -2.19. The topological polar surface area (TPSA) is 51.8 Å². The highest BCUT2D eigenvalue weighted by Gasteiger charge is 2.33. The number of rotatable bonds is 5. The summed E-state index contributed by atoms with van der Waals surface area (Å²) < 4.78 is 6.32. The molecule has 1 aliphatic heterocycles. The highest BCUT2D eigenvalue weighted by molar-refractivity contribution is 8.00. The van der Waals surface area contributed by atoms with Gasteiger partial charge in [0.15, 0.2) is 17.5 Å². The monoisotopic (exact) mass is 709 g/mol. The lowest BCUT2D eigenvalue weighted by Crippen LogP contribution is -2.11. The van der Waals surface area contributed by atoms with Crippen LogP contribution in [0.5, 0.6) is 0 Å². The van der Waals surface area contributed by atoms with E-state index < -0.39 is 0 Å². The van der Waals surface area contributed by atoms with Crippen molar-refractivity contribution in [2.75, 3.05) is 0 Å². The lowest BCUT2D eigenvalue weighted by atomic mass is 9.89. The summed E-state index contributed by atoms with van der Waals surface area (Å²) in [5.41, 5.74) is 10.5. The van der Waals surface area contributed by atoms with Gasteiger partial charge in [0.25, 0.3) is 0 Å². The predicted octanol–water partition coefficient (Wildman–Crippen LogP) is 12.8. The Kier molecular flexibility index (Phi) is 7.20. The zero-order valence-corrected chi connectivity index (χ0v) is 29.9. The van der Waals surface area contributed by atoms with Crippen LogP contribution in [0, 0.1) is 0 Å². The number of thioether (sulfide) groups is 1. The maximum Gasteiger partial charge on any atom is 0.164 e. The van der Waals surface area contributed by atoms with Crippen LogP contribution < -0.4 is 0 Å². The molecule has 0 spiro atoms. The number of hydrogen-bond acceptors (Lipinski definition) is 5. The summed E-state index contributed by atoms with van der Waals surface area (Å²) in [5.74, 6) is 2.19. The fourth-order valence-corrected chi connectivity index (χ4v) is 9.54. The molecule has 0 amide bonds. The summed E-state index contributed by atoms with van der Waals surface area (Å²) >= 11 is 1.93. The van der Waals surface area contributed by atoms with Crippen LogP contribution in [0.3, 0.4) is 0 Å². The van der Waals surface area contributed by atoms with Gasteiger partial charge in [-0.25, -0.2) is 15.0 Å². The average molecular weight is 710 g/mol. The molecule has 1 aliphatic carbocycles. The number of aromatic nitrogens is 3. The SMILES string of the molecule is C1=CC2Sc3ccccc3C2C=C1c1nc(-c2ccccc2-c2cccc3oc4ccccc4c23)nc(-c2ccc(-c3ccccc3)c3ccccc23)n1. The molecule has 7 aromatic carbocycles. The van der Waals surface area contributed by atoms with Crippen LogP contribution in [-0.2, 0) is 0 Å². The molecule has 3 heterocycles. The van der Waals surface area contributed by atoms with Gasteiger partial charge in [-0.05, 0) is 62.9 Å². The Labute approximate surface area is 316 Å². The first-order chi connectivity index (χ1) is 26.8. The molecule has 4 nitrogen and oxygen atoms in total. The highest BCUT2D eigenvalue weighted by Crippen LogP contribution is 2.49. The van der Waals surface area contributed by atoms with Crippen molar-refractivity contribution < 1.29 is 4.42 Å². The molecule has 0 bridgehead atoms. The minimum Gasteiger partial charge on any atom is -0.456 e. The second kappa shape index (κ2) is 12.5. The third kappa shape index (κ3) is 5.04. The molecule has 2 unspecified atom stereocenters. The van der Waals surface area contributed by atoms with Gasteiger partial charge in [-0.1, -0.05) is 152 Å². The summed E-state index contributed by atoms with van der Waals surface area (Å²) in [6.45, 7) is 0. The van der Waals surface area contributed by atoms with Crippen LogP contribution in [-0.4, -0.2) is 20.2 Å². The van der Waals surface area contributed by atoms with Crippen molar-refractivity contribution >= 4 is 50.0 Å². The van der Waals surface area contributed by atoms with E-state index in [1.807, 2.05) is 30.0 Å². The van der Waals surface area contributed by atoms with Crippen LogP contribution in [0.4, 0.5) is 0 Å². The van der Waals surface area contributed by atoms with Crippen molar-refractivity contribution in [2.24, 2.45) is 0 Å². The molecule has 54 heavy (non-hydrogen) atoms. The van der Waals surface area contributed by atoms with E-state index in [0.717, 1.165) is 60.5 Å². The van der Waals surface area contributed by atoms with E-state index in [4.69, 9.17) is 19.4 Å². The molecule has 11 rings (SSSR count). The van der Waals surface area contributed by atoms with E-state index in [9.17, 15) is 0 Å². The van der Waals surface area contributed by atoms with Crippen LogP contribution >= 0.6 is 11.8 Å². The maximum absolute atomic E-state index is 6.32. The standard InChI is InChI=1S/C49H31N3OS/c1-2-13-30(14-3-1)32-26-27-39(34-16-5-4-15-33(32)34)49-51-47(31-25-28-45-41(29-31)36-18-9-11-24-44(36)54-45)50-48(52-49)38-19-7-6-17-35(38)37-21-12-23-43-46(37)40-20-8-10-22-42(40)53-43/h1-29,41,45H. The number of benzene rings is 7. The normalized spacial score (nSPS) is 16.1. The number of hydrogen-bond donors (Lipinski definition) is 0. The summed E-state index contributed by atoms with van der Waals surface area (Å²) in [6.07, 6.45) is 6.87. The average Bonchev–Trinajstić information content (AvgIpc) is 3.82. The molecule has 2 aromatic heterocycles. The largest absolute Gasteiger partial charge is 0.456 e. The zero-order valence-electron chi connectivity index (χ0n) is 29.1. The minimum atomic E-state index is 0.250. The molecule has 254 valence electrons. The molecule has 0 N–H and O–H groups in total. The van der Waals surface area contributed by atoms with Gasteiger partial charge in [0, 0.05) is 43.5 Å². The molecule has 0 radical (unpaired) electrons. The molecule has 2 aliphatic rings. The predicted molar refractivity (Wildman–Crippen MR) is 222 cm³/mol. The first-order valence-electron chi connectivity index (χ1n) is 18.3. The second-order valence-corrected chi connectivity index (χ2v) is 15.0. The number of allylic oxidation sites excluding steroid dienone is 3. The Hall–Kier alpha value is -6.56. The van der Waals surface area contributed by atoms with Crippen molar-refractivity contribution in [3.05, 3.63) is 187 Å². The Balaban J connectivity index is 1.14. The molecular weight excluding hydrogens is 679 g/mol. The van der Waals surface area contributed by atoms with Crippen LogP contribution in [0.15, 0.2) is 185 Å². The molecule has 2 atom stereocenters. The molecule has 9 aromatic rings. The smallest absolute Gasteiger partial charge is 0.164 e. The third-order valence-electron chi connectivity index (χ3n) is 10.7. The van der Waals surface area contributed by atoms with E-state index in [1.54, 1.807) is 0 Å². The van der Waals surface area contributed by atoms with Crippen LogP contribution in [0.1, 0.15) is 17.3 Å². The number of nitrogens with zero attached hydrogens (tertiary/aromatic N) is 3. The van der Waals surface area contributed by atoms with Gasteiger partial charge < -0.3 is 4.42 Å². The Morgan fingerprint density at radius 2 is 1.09 bits per heavy atom. The van der Waals surface area contributed by atoms with Crippen molar-refractivity contribution in [3.8, 4) is 45.0 Å². The Morgan fingerprint density at radius 1 is 0.463 bits per heavy atom. The van der Waals surface area contributed by atoms with Gasteiger partial charge in [0.2, 0.25) is 0 Å². The first-order valence-corrected chi connectivity index (χ1v) is 19.1. The summed E-state index contributed by atoms with van der Waals surface area (Å²) in [5, 5.41) is 4.77. The van der Waals surface area contributed by atoms with E-state index in [0.29, 0.717) is 22.7 Å². The van der Waals surface area contributed by atoms with Crippen LogP contribution in [0.25, 0.3) is 83.3 Å². The number of furan rings is 1. The summed E-state index contributed by atoms with van der Waals surface area (Å²) in [4.78, 5) is 17.3. The van der Waals surface area contributed by atoms with Gasteiger partial charge in [-0.2, -0.15) is 0 Å². The Bertz CT molecular complexity index is 3000. The van der Waals surface area contributed by atoms with Crippen molar-refractivity contribution in [3.63, 3.8) is 0 Å². The maximum atomic E-state index is 6.32. The summed E-state index contributed by atoms with van der Waals surface area (Å²) in [6, 6.07) is 55.2. The molecule has 0 fully saturated rings. The van der Waals surface area contributed by atoms with E-state index in [1.165, 1.54) is 21.6 Å². The first kappa shape index (κ1) is 31.0. The van der Waals surface area contributed by atoms with Gasteiger partial charge >= 0.3 is 0 Å². The molecular formula is C49H31N3OS. The third-order valence-corrected chi connectivity index (χ3v) is 12.1. The number of fused-ring (bicyclic) bond motifs is 7. The fourth-order valence-electron chi connectivity index (χ4n) is 8.22. The van der Waals surface area contributed by atoms with Gasteiger partial charge in [0.05, 0.1) is 0 Å². The second-order valence-electron chi connectivity index (χ2n) is 13.8. The van der Waals surface area contributed by atoms with Crippen molar-refractivity contribution in [2.45, 2.75) is 16.1 Å². The van der Waals surface area contributed by atoms with E-state index in [2.05, 4.69) is 158 Å². The van der Waals surface area contributed by atoms with Gasteiger partial charge in [-0.3, -0.25) is 0 Å². The van der Waals surface area contributed by atoms with Gasteiger partial charge in [0.1, 0.15) is 11.2 Å². The van der Waals surface area contributed by atoms with E-state index >= 15 is 0 Å². The summed E-state index contributed by atoms with van der Waals surface area (Å²) in [7, 11) is 0. The Morgan fingerprint density at radius 3 is 1.96 bits per heavy atom. The van der Waals surface area contributed by atoms with Gasteiger partial charge in [-0.15, -0.1) is 11.8 Å².